The Hall–Kier alpha value is -1.10. The topological polar surface area (TPSA) is 75.6 Å². The van der Waals surface area contributed by atoms with Crippen molar-refractivity contribution in [1.29, 1.82) is 0 Å². The molecule has 100 valence electrons. The number of carboxylic acid groups (broad SMARTS) is 1. The third-order valence-corrected chi connectivity index (χ3v) is 2.46. The fraction of sp³-hybridized carbons (Fsp3) is 0.833. The molecule has 0 spiro atoms. The van der Waals surface area contributed by atoms with E-state index in [0.29, 0.717) is 18.9 Å². The zero-order valence-corrected chi connectivity index (χ0v) is 11.0. The van der Waals surface area contributed by atoms with Crippen LogP contribution in [-0.4, -0.2) is 35.7 Å². The molecule has 17 heavy (non-hydrogen) atoms. The molecular formula is C12H23NO4. The number of hydrogen-bond donors (Lipinski definition) is 2. The average molecular weight is 245 g/mol. The summed E-state index contributed by atoms with van der Waals surface area (Å²) >= 11 is 0. The quantitative estimate of drug-likeness (QED) is 0.678. The summed E-state index contributed by atoms with van der Waals surface area (Å²) in [6.07, 6.45) is 0.634. The molecule has 0 fully saturated rings. The van der Waals surface area contributed by atoms with E-state index < -0.39 is 18.1 Å². The highest BCUT2D eigenvalue weighted by Crippen LogP contribution is 2.02. The van der Waals surface area contributed by atoms with Crippen molar-refractivity contribution in [2.75, 3.05) is 6.61 Å². The van der Waals surface area contributed by atoms with Crippen molar-refractivity contribution in [3.05, 3.63) is 0 Å². The van der Waals surface area contributed by atoms with Crippen LogP contribution in [-0.2, 0) is 14.3 Å². The second kappa shape index (κ2) is 8.06. The van der Waals surface area contributed by atoms with Gasteiger partial charge >= 0.3 is 5.97 Å². The molecule has 0 saturated carbocycles. The summed E-state index contributed by atoms with van der Waals surface area (Å²) in [6.45, 7) is 8.00. The molecular weight excluding hydrogens is 222 g/mol. The molecule has 5 nitrogen and oxygen atoms in total. The Labute approximate surface area is 103 Å². The van der Waals surface area contributed by atoms with Crippen molar-refractivity contribution < 1.29 is 19.4 Å². The number of nitrogens with one attached hydrogen (secondary N) is 1. The fourth-order valence-electron chi connectivity index (χ4n) is 1.18. The van der Waals surface area contributed by atoms with Gasteiger partial charge in [0.15, 0.2) is 0 Å². The highest BCUT2D eigenvalue weighted by Gasteiger charge is 2.21. The zero-order valence-electron chi connectivity index (χ0n) is 11.0. The summed E-state index contributed by atoms with van der Waals surface area (Å²) in [5.41, 5.74) is 0. The van der Waals surface area contributed by atoms with E-state index in [4.69, 9.17) is 9.84 Å². The third-order valence-electron chi connectivity index (χ3n) is 2.46. The molecule has 2 unspecified atom stereocenters. The smallest absolute Gasteiger partial charge is 0.326 e. The van der Waals surface area contributed by atoms with Gasteiger partial charge in [0.1, 0.15) is 12.1 Å². The molecule has 0 aromatic heterocycles. The van der Waals surface area contributed by atoms with Crippen LogP contribution in [0.5, 0.6) is 0 Å². The van der Waals surface area contributed by atoms with Gasteiger partial charge in [0, 0.05) is 6.61 Å². The van der Waals surface area contributed by atoms with E-state index >= 15 is 0 Å². The SMILES string of the molecule is CCC(NC(=O)C(C)OCCC(C)C)C(=O)O. The van der Waals surface area contributed by atoms with Crippen LogP contribution in [0.15, 0.2) is 0 Å². The van der Waals surface area contributed by atoms with Crippen LogP contribution in [0.3, 0.4) is 0 Å². The summed E-state index contributed by atoms with van der Waals surface area (Å²) in [7, 11) is 0. The Morgan fingerprint density at radius 1 is 1.29 bits per heavy atom. The number of aliphatic carboxylic acids is 1. The van der Waals surface area contributed by atoms with Gasteiger partial charge in [-0.25, -0.2) is 4.79 Å². The highest BCUT2D eigenvalue weighted by molar-refractivity contribution is 5.85. The molecule has 2 N–H and O–H groups in total. The standard InChI is InChI=1S/C12H23NO4/c1-5-10(12(15)16)13-11(14)9(4)17-7-6-8(2)3/h8-10H,5-7H2,1-4H3,(H,13,14)(H,15,16). The van der Waals surface area contributed by atoms with Crippen LogP contribution >= 0.6 is 0 Å². The first kappa shape index (κ1) is 15.9. The largest absolute Gasteiger partial charge is 0.480 e. The minimum atomic E-state index is -1.02. The van der Waals surface area contributed by atoms with Gasteiger partial charge in [-0.05, 0) is 25.7 Å². The lowest BCUT2D eigenvalue weighted by molar-refractivity contribution is -0.144. The van der Waals surface area contributed by atoms with E-state index in [9.17, 15) is 9.59 Å². The molecule has 5 heteroatoms. The van der Waals surface area contributed by atoms with Crippen molar-refractivity contribution in [3.8, 4) is 0 Å². The lowest BCUT2D eigenvalue weighted by atomic mass is 10.1. The predicted octanol–water partition coefficient (Wildman–Crippen LogP) is 1.42. The molecule has 1 amide bonds. The molecule has 0 aromatic carbocycles. The van der Waals surface area contributed by atoms with E-state index in [1.54, 1.807) is 13.8 Å². The van der Waals surface area contributed by atoms with Gasteiger partial charge in [0.05, 0.1) is 0 Å². The lowest BCUT2D eigenvalue weighted by Gasteiger charge is -2.17. The van der Waals surface area contributed by atoms with Gasteiger partial charge in [-0.3, -0.25) is 4.79 Å². The van der Waals surface area contributed by atoms with Crippen LogP contribution in [0.1, 0.15) is 40.5 Å². The molecule has 0 aliphatic heterocycles. The number of carbonyl (C=O) groups excluding carboxylic acids is 1. The van der Waals surface area contributed by atoms with Crippen LogP contribution < -0.4 is 5.32 Å². The maximum absolute atomic E-state index is 11.6. The van der Waals surface area contributed by atoms with Crippen LogP contribution in [0.2, 0.25) is 0 Å². The van der Waals surface area contributed by atoms with Gasteiger partial charge in [0.25, 0.3) is 0 Å². The third kappa shape index (κ3) is 6.94. The van der Waals surface area contributed by atoms with Crippen LogP contribution in [0.4, 0.5) is 0 Å². The minimum absolute atomic E-state index is 0.361. The molecule has 0 aromatic rings. The Balaban J connectivity index is 4.00. The number of carboxylic acids is 1. The Kier molecular flexibility index (Phi) is 7.54. The maximum atomic E-state index is 11.6. The molecule has 0 heterocycles. The van der Waals surface area contributed by atoms with Crippen molar-refractivity contribution in [2.45, 2.75) is 52.7 Å². The van der Waals surface area contributed by atoms with E-state index in [2.05, 4.69) is 19.2 Å². The summed E-state index contributed by atoms with van der Waals surface area (Å²) in [6, 6.07) is -0.835. The number of ether oxygens (including phenoxy) is 1. The monoisotopic (exact) mass is 245 g/mol. The van der Waals surface area contributed by atoms with Crippen LogP contribution in [0, 0.1) is 5.92 Å². The van der Waals surface area contributed by atoms with E-state index in [0.717, 1.165) is 6.42 Å². The summed E-state index contributed by atoms with van der Waals surface area (Å²) in [4.78, 5) is 22.3. The van der Waals surface area contributed by atoms with E-state index in [-0.39, 0.29) is 5.91 Å². The number of rotatable bonds is 8. The maximum Gasteiger partial charge on any atom is 0.326 e. The molecule has 0 radical (unpaired) electrons. The van der Waals surface area contributed by atoms with Crippen molar-refractivity contribution in [3.63, 3.8) is 0 Å². The normalized spacial score (nSPS) is 14.4. The van der Waals surface area contributed by atoms with Crippen molar-refractivity contribution in [2.24, 2.45) is 5.92 Å². The average Bonchev–Trinajstić information content (AvgIpc) is 2.24. The molecule has 2 atom stereocenters. The van der Waals surface area contributed by atoms with Crippen molar-refractivity contribution >= 4 is 11.9 Å². The summed E-state index contributed by atoms with van der Waals surface area (Å²) < 4.78 is 5.33. The highest BCUT2D eigenvalue weighted by atomic mass is 16.5. The van der Waals surface area contributed by atoms with Crippen LogP contribution in [0.25, 0.3) is 0 Å². The van der Waals surface area contributed by atoms with Crippen molar-refractivity contribution in [1.82, 2.24) is 5.32 Å². The Bertz CT molecular complexity index is 253. The van der Waals surface area contributed by atoms with Gasteiger partial charge in [-0.15, -0.1) is 0 Å². The summed E-state index contributed by atoms with van der Waals surface area (Å²) in [5.74, 6) is -0.870. The first-order valence-corrected chi connectivity index (χ1v) is 6.03. The van der Waals surface area contributed by atoms with E-state index in [1.165, 1.54) is 0 Å². The van der Waals surface area contributed by atoms with Gasteiger partial charge < -0.3 is 15.2 Å². The Morgan fingerprint density at radius 2 is 1.88 bits per heavy atom. The van der Waals surface area contributed by atoms with Gasteiger partial charge in [-0.2, -0.15) is 0 Å². The second-order valence-electron chi connectivity index (χ2n) is 4.50. The zero-order chi connectivity index (χ0) is 13.4. The molecule has 0 aliphatic rings. The molecule has 0 saturated heterocycles. The predicted molar refractivity (Wildman–Crippen MR) is 64.7 cm³/mol. The number of carbonyl (C=O) groups is 2. The number of hydrogen-bond acceptors (Lipinski definition) is 3. The van der Waals surface area contributed by atoms with Gasteiger partial charge in [0.2, 0.25) is 5.91 Å². The first-order valence-electron chi connectivity index (χ1n) is 6.03. The molecule has 0 aliphatic carbocycles. The fourth-order valence-corrected chi connectivity index (χ4v) is 1.18. The molecule has 0 bridgehead atoms. The lowest BCUT2D eigenvalue weighted by Crippen LogP contribution is -2.45. The summed E-state index contributed by atoms with van der Waals surface area (Å²) in [5, 5.41) is 11.2. The minimum Gasteiger partial charge on any atom is -0.480 e. The van der Waals surface area contributed by atoms with E-state index in [1.807, 2.05) is 0 Å². The second-order valence-corrected chi connectivity index (χ2v) is 4.50. The molecule has 0 rings (SSSR count). The van der Waals surface area contributed by atoms with Gasteiger partial charge in [-0.1, -0.05) is 20.8 Å². The first-order chi connectivity index (χ1) is 7.88. The number of amides is 1. The Morgan fingerprint density at radius 3 is 2.29 bits per heavy atom.